The molecule has 0 saturated carbocycles. The second kappa shape index (κ2) is 12.5. The van der Waals surface area contributed by atoms with Gasteiger partial charge in [-0.1, -0.05) is 36.4 Å². The van der Waals surface area contributed by atoms with Crippen molar-refractivity contribution in [2.75, 3.05) is 6.61 Å². The quantitative estimate of drug-likeness (QED) is 0.194. The monoisotopic (exact) mass is 612 g/mol. The molecule has 3 N–H and O–H groups in total. The van der Waals surface area contributed by atoms with Crippen LogP contribution in [-0.4, -0.2) is 82.0 Å². The third kappa shape index (κ3) is 6.54. The molecule has 1 saturated heterocycles. The molecule has 2 aromatic carbocycles. The molecule has 0 bridgehead atoms. The Morgan fingerprint density at radius 2 is 1.86 bits per heavy atom. The maximum atomic E-state index is 14.6. The highest BCUT2D eigenvalue weighted by atomic mass is 31.2. The summed E-state index contributed by atoms with van der Waals surface area (Å²) >= 11 is 0. The number of carbonyl (C=O) groups is 3. The number of rotatable bonds is 11. The highest BCUT2D eigenvalue weighted by Gasteiger charge is 2.62. The minimum atomic E-state index is -4.75. The number of halogens is 2. The molecule has 12 nitrogen and oxygen atoms in total. The smallest absolute Gasteiger partial charge is 0.459 e. The van der Waals surface area contributed by atoms with Gasteiger partial charge in [-0.05, 0) is 38.3 Å². The average molecular weight is 613 g/mol. The highest BCUT2D eigenvalue weighted by Crippen LogP contribution is 2.49. The van der Waals surface area contributed by atoms with Gasteiger partial charge in [0.25, 0.3) is 6.43 Å². The van der Waals surface area contributed by atoms with Gasteiger partial charge in [0.05, 0.1) is 19.1 Å². The third-order valence-corrected chi connectivity index (χ3v) is 8.23. The van der Waals surface area contributed by atoms with Crippen LogP contribution in [0.2, 0.25) is 0 Å². The molecule has 0 aromatic heterocycles. The zero-order chi connectivity index (χ0) is 30.8. The lowest BCUT2D eigenvalue weighted by molar-refractivity contribution is -0.200. The van der Waals surface area contributed by atoms with Gasteiger partial charge >= 0.3 is 13.7 Å². The molecule has 1 unspecified atom stereocenters. The van der Waals surface area contributed by atoms with Crippen LogP contribution in [0.1, 0.15) is 27.2 Å². The van der Waals surface area contributed by atoms with Crippen molar-refractivity contribution in [3.05, 3.63) is 54.7 Å². The standard InChI is InChI=1S/C27H31F2N2O10P/c1-15(2)39-25(36)16(3)30-42(37,41-20-10-6-8-17-7-4-5-9-19(17)20)38-14-27(26(28)29)23(35)22(34)24(40-27)31-12-11-18(32)13-21(31)33/h4-12,15-16,22-24,26,34-35H,13-14H2,1-3H3,(H,30,37)/t16-,22+,23-,24+,27+,42?/m0/s1. The van der Waals surface area contributed by atoms with Gasteiger partial charge in [-0.3, -0.25) is 23.8 Å². The third-order valence-electron chi connectivity index (χ3n) is 6.62. The maximum absolute atomic E-state index is 14.6. The number of alkyl halides is 2. The Morgan fingerprint density at radius 1 is 1.17 bits per heavy atom. The number of hydrogen-bond acceptors (Lipinski definition) is 10. The summed E-state index contributed by atoms with van der Waals surface area (Å²) in [5.74, 6) is -2.21. The zero-order valence-corrected chi connectivity index (χ0v) is 23.8. The number of amides is 1. The van der Waals surface area contributed by atoms with Gasteiger partial charge in [-0.15, -0.1) is 0 Å². The molecule has 0 spiro atoms. The molecule has 2 aliphatic rings. The predicted octanol–water partition coefficient (Wildman–Crippen LogP) is 2.67. The molecule has 1 amide bonds. The summed E-state index contributed by atoms with van der Waals surface area (Å²) in [6, 6.07) is 10.4. The minimum Gasteiger partial charge on any atom is -0.462 e. The Balaban J connectivity index is 1.65. The number of aliphatic hydroxyl groups is 2. The molecule has 2 aliphatic heterocycles. The van der Waals surface area contributed by atoms with Crippen molar-refractivity contribution in [1.29, 1.82) is 0 Å². The maximum Gasteiger partial charge on any atom is 0.459 e. The minimum absolute atomic E-state index is 0.0268. The Hall–Kier alpha value is -3.26. The molecule has 2 heterocycles. The van der Waals surface area contributed by atoms with E-state index in [1.165, 1.54) is 13.0 Å². The van der Waals surface area contributed by atoms with Gasteiger partial charge in [0.15, 0.2) is 17.6 Å². The van der Waals surface area contributed by atoms with Crippen LogP contribution >= 0.6 is 7.75 Å². The number of ketones is 1. The molecule has 0 radical (unpaired) electrons. The molecule has 42 heavy (non-hydrogen) atoms. The summed E-state index contributed by atoms with van der Waals surface area (Å²) in [5, 5.41) is 24.9. The summed E-state index contributed by atoms with van der Waals surface area (Å²) in [6.45, 7) is 3.17. The number of aliphatic hydroxyl groups excluding tert-OH is 2. The van der Waals surface area contributed by atoms with Crippen molar-refractivity contribution >= 4 is 36.2 Å². The summed E-state index contributed by atoms with van der Waals surface area (Å²) in [7, 11) is -4.75. The first-order valence-electron chi connectivity index (χ1n) is 13.0. The molecule has 15 heteroatoms. The van der Waals surface area contributed by atoms with E-state index < -0.39 is 81.0 Å². The number of esters is 1. The lowest BCUT2D eigenvalue weighted by Gasteiger charge is -2.33. The Kier molecular flexibility index (Phi) is 9.46. The summed E-state index contributed by atoms with van der Waals surface area (Å²) in [4.78, 5) is 37.1. The Bertz CT molecular complexity index is 1420. The van der Waals surface area contributed by atoms with Crippen molar-refractivity contribution in [2.45, 2.75) is 69.8 Å². The van der Waals surface area contributed by atoms with Gasteiger partial charge in [-0.2, -0.15) is 5.09 Å². The first-order valence-corrected chi connectivity index (χ1v) is 14.5. The summed E-state index contributed by atoms with van der Waals surface area (Å²) < 4.78 is 64.9. The van der Waals surface area contributed by atoms with Gasteiger partial charge < -0.3 is 24.2 Å². The van der Waals surface area contributed by atoms with Crippen LogP contribution in [-0.2, 0) is 32.9 Å². The van der Waals surface area contributed by atoms with Crippen LogP contribution in [0.15, 0.2) is 54.7 Å². The normalized spacial score (nSPS) is 26.6. The van der Waals surface area contributed by atoms with E-state index in [2.05, 4.69) is 5.09 Å². The fourth-order valence-corrected chi connectivity index (χ4v) is 6.02. The second-order valence-corrected chi connectivity index (χ2v) is 11.8. The van der Waals surface area contributed by atoms with E-state index in [9.17, 15) is 37.9 Å². The number of carbonyl (C=O) groups excluding carboxylic acids is 3. The largest absolute Gasteiger partial charge is 0.462 e. The van der Waals surface area contributed by atoms with Crippen LogP contribution < -0.4 is 9.61 Å². The fourth-order valence-electron chi connectivity index (χ4n) is 4.47. The zero-order valence-electron chi connectivity index (χ0n) is 22.9. The average Bonchev–Trinajstić information content (AvgIpc) is 3.18. The number of fused-ring (bicyclic) bond motifs is 1. The van der Waals surface area contributed by atoms with E-state index in [1.807, 2.05) is 0 Å². The number of nitrogens with zero attached hydrogens (tertiary/aromatic N) is 1. The first kappa shape index (κ1) is 31.7. The topological polar surface area (TPSA) is 161 Å². The SMILES string of the molecule is CC(C)OC(=O)[C@H](C)NP(=O)(OC[C@@]1(C(F)F)O[C@@H](N2C=CC(=O)CC2=O)[C@H](O)[C@@H]1O)Oc1cccc2ccccc12. The molecule has 2 aromatic rings. The molecule has 1 fully saturated rings. The van der Waals surface area contributed by atoms with Crippen LogP contribution in [0.4, 0.5) is 8.78 Å². The molecular formula is C27H31F2N2O10P. The number of benzene rings is 2. The lowest BCUT2D eigenvalue weighted by Crippen LogP contribution is -2.53. The van der Waals surface area contributed by atoms with E-state index >= 15 is 0 Å². The van der Waals surface area contributed by atoms with Crippen molar-refractivity contribution in [3.8, 4) is 5.75 Å². The first-order chi connectivity index (χ1) is 19.8. The Morgan fingerprint density at radius 3 is 2.52 bits per heavy atom. The van der Waals surface area contributed by atoms with E-state index in [1.54, 1.807) is 50.2 Å². The molecule has 228 valence electrons. The lowest BCUT2D eigenvalue weighted by atomic mass is 9.96. The Labute approximate surface area is 239 Å². The number of ether oxygens (including phenoxy) is 2. The van der Waals surface area contributed by atoms with Crippen molar-refractivity contribution in [3.63, 3.8) is 0 Å². The number of hydrogen-bond donors (Lipinski definition) is 3. The van der Waals surface area contributed by atoms with E-state index in [0.29, 0.717) is 15.7 Å². The summed E-state index contributed by atoms with van der Waals surface area (Å²) in [5.41, 5.74) is -3.00. The highest BCUT2D eigenvalue weighted by molar-refractivity contribution is 7.52. The molecule has 4 rings (SSSR count). The molecule has 0 aliphatic carbocycles. The summed E-state index contributed by atoms with van der Waals surface area (Å²) in [6.07, 6.45) is -8.92. The van der Waals surface area contributed by atoms with Crippen molar-refractivity contribution in [1.82, 2.24) is 9.99 Å². The van der Waals surface area contributed by atoms with E-state index in [-0.39, 0.29) is 5.75 Å². The van der Waals surface area contributed by atoms with Gasteiger partial charge in [0, 0.05) is 11.6 Å². The predicted molar refractivity (Wildman–Crippen MR) is 143 cm³/mol. The van der Waals surface area contributed by atoms with Gasteiger partial charge in [0.2, 0.25) is 5.91 Å². The van der Waals surface area contributed by atoms with Crippen molar-refractivity contribution < 1.29 is 56.5 Å². The van der Waals surface area contributed by atoms with E-state index in [4.69, 9.17) is 18.5 Å². The van der Waals surface area contributed by atoms with Gasteiger partial charge in [0.1, 0.15) is 24.0 Å². The second-order valence-electron chi connectivity index (χ2n) is 10.1. The molecule has 6 atom stereocenters. The van der Waals surface area contributed by atoms with Crippen molar-refractivity contribution in [2.24, 2.45) is 0 Å². The number of nitrogens with one attached hydrogen (secondary N) is 1. The van der Waals surface area contributed by atoms with Crippen LogP contribution in [0.5, 0.6) is 5.75 Å². The van der Waals surface area contributed by atoms with Crippen LogP contribution in [0.25, 0.3) is 10.8 Å². The van der Waals surface area contributed by atoms with E-state index in [0.717, 1.165) is 12.3 Å². The number of allylic oxidation sites excluding steroid dienone is 1. The van der Waals surface area contributed by atoms with Crippen LogP contribution in [0, 0.1) is 0 Å². The van der Waals surface area contributed by atoms with Crippen LogP contribution in [0.3, 0.4) is 0 Å². The van der Waals surface area contributed by atoms with Gasteiger partial charge in [-0.25, -0.2) is 13.3 Å². The molecular weight excluding hydrogens is 581 g/mol. The fraction of sp³-hybridized carbons (Fsp3) is 0.444.